The van der Waals surface area contributed by atoms with Crippen LogP contribution in [-0.2, 0) is 11.2 Å². The molecule has 0 saturated carbocycles. The zero-order valence-electron chi connectivity index (χ0n) is 9.71. The number of aryl methyl sites for hydroxylation is 1. The van der Waals surface area contributed by atoms with Crippen molar-refractivity contribution in [3.8, 4) is 0 Å². The Morgan fingerprint density at radius 3 is 2.71 bits per heavy atom. The summed E-state index contributed by atoms with van der Waals surface area (Å²) in [6.45, 7) is 1.02. The quantitative estimate of drug-likeness (QED) is 0.799. The van der Waals surface area contributed by atoms with Gasteiger partial charge in [0.2, 0.25) is 5.91 Å². The molecule has 1 saturated heterocycles. The van der Waals surface area contributed by atoms with Gasteiger partial charge in [-0.1, -0.05) is 30.3 Å². The van der Waals surface area contributed by atoms with Crippen molar-refractivity contribution in [2.45, 2.75) is 12.5 Å². The minimum atomic E-state index is -0.298. The Labute approximate surface area is 106 Å². The van der Waals surface area contributed by atoms with E-state index in [0.717, 1.165) is 12.2 Å². The third-order valence-corrected chi connectivity index (χ3v) is 3.76. The summed E-state index contributed by atoms with van der Waals surface area (Å²) in [6, 6.07) is 10.3. The molecule has 0 unspecified atom stereocenters. The number of hydrogen-bond donors (Lipinski definition) is 1. The molecule has 3 nitrogen and oxygen atoms in total. The van der Waals surface area contributed by atoms with Gasteiger partial charge in [-0.3, -0.25) is 4.79 Å². The van der Waals surface area contributed by atoms with Crippen LogP contribution in [0.2, 0.25) is 0 Å². The number of aliphatic hydroxyl groups excluding tert-OH is 1. The number of nitrogens with zero attached hydrogens (tertiary/aromatic N) is 1. The van der Waals surface area contributed by atoms with Gasteiger partial charge in [0.15, 0.2) is 0 Å². The summed E-state index contributed by atoms with van der Waals surface area (Å²) in [5.41, 5.74) is 1.31. The van der Waals surface area contributed by atoms with Crippen LogP contribution in [0.15, 0.2) is 30.3 Å². The topological polar surface area (TPSA) is 40.5 Å². The van der Waals surface area contributed by atoms with E-state index in [1.54, 1.807) is 16.7 Å². The molecule has 92 valence electrons. The van der Waals surface area contributed by atoms with Gasteiger partial charge in [0.1, 0.15) is 0 Å². The Hall–Kier alpha value is -1.00. The monoisotopic (exact) mass is 251 g/mol. The van der Waals surface area contributed by atoms with Crippen LogP contribution in [-0.4, -0.2) is 46.6 Å². The van der Waals surface area contributed by atoms with Gasteiger partial charge < -0.3 is 10.0 Å². The van der Waals surface area contributed by atoms with E-state index in [0.29, 0.717) is 18.8 Å². The zero-order valence-corrected chi connectivity index (χ0v) is 10.5. The van der Waals surface area contributed by atoms with Crippen molar-refractivity contribution in [2.24, 2.45) is 0 Å². The first-order valence-corrected chi connectivity index (χ1v) is 6.98. The van der Waals surface area contributed by atoms with Gasteiger partial charge in [-0.2, -0.15) is 11.8 Å². The highest BCUT2D eigenvalue weighted by Crippen LogP contribution is 2.12. The first-order valence-electron chi connectivity index (χ1n) is 5.83. The molecule has 17 heavy (non-hydrogen) atoms. The molecule has 0 spiro atoms. The molecule has 0 bridgehead atoms. The van der Waals surface area contributed by atoms with Crippen LogP contribution in [0.4, 0.5) is 0 Å². The van der Waals surface area contributed by atoms with Gasteiger partial charge in [-0.15, -0.1) is 0 Å². The van der Waals surface area contributed by atoms with Crippen molar-refractivity contribution in [3.63, 3.8) is 0 Å². The first kappa shape index (κ1) is 12.5. The van der Waals surface area contributed by atoms with E-state index >= 15 is 0 Å². The van der Waals surface area contributed by atoms with Crippen LogP contribution in [0, 0.1) is 0 Å². The maximum absolute atomic E-state index is 11.6. The van der Waals surface area contributed by atoms with Gasteiger partial charge in [0, 0.05) is 13.1 Å². The van der Waals surface area contributed by atoms with E-state index in [1.807, 2.05) is 18.2 Å². The predicted octanol–water partition coefficient (Wildman–Crippen LogP) is 1.17. The van der Waals surface area contributed by atoms with E-state index in [-0.39, 0.29) is 12.0 Å². The largest absolute Gasteiger partial charge is 0.389 e. The molecule has 2 rings (SSSR count). The van der Waals surface area contributed by atoms with Gasteiger partial charge in [0.25, 0.3) is 0 Å². The SMILES string of the molecule is O=C(CSCCc1ccccc1)N1CC(O)C1. The number of aliphatic hydroxyl groups is 1. The number of benzene rings is 1. The molecule has 0 radical (unpaired) electrons. The second kappa shape index (κ2) is 6.07. The third-order valence-electron chi connectivity index (χ3n) is 2.82. The number of amides is 1. The van der Waals surface area contributed by atoms with Crippen molar-refractivity contribution >= 4 is 17.7 Å². The predicted molar refractivity (Wildman–Crippen MR) is 70.1 cm³/mol. The molecule has 1 aliphatic rings. The van der Waals surface area contributed by atoms with E-state index in [9.17, 15) is 4.79 Å². The minimum Gasteiger partial charge on any atom is -0.389 e. The van der Waals surface area contributed by atoms with Crippen LogP contribution in [0.1, 0.15) is 5.56 Å². The molecule has 0 aromatic heterocycles. The van der Waals surface area contributed by atoms with Crippen molar-refractivity contribution in [3.05, 3.63) is 35.9 Å². The van der Waals surface area contributed by atoms with Crippen LogP contribution in [0.25, 0.3) is 0 Å². The second-order valence-corrected chi connectivity index (χ2v) is 5.35. The number of hydrogen-bond acceptors (Lipinski definition) is 3. The molecule has 1 heterocycles. The molecule has 1 aliphatic heterocycles. The van der Waals surface area contributed by atoms with Gasteiger partial charge in [0.05, 0.1) is 11.9 Å². The summed E-state index contributed by atoms with van der Waals surface area (Å²) in [5.74, 6) is 1.64. The third kappa shape index (κ3) is 3.75. The lowest BCUT2D eigenvalue weighted by Crippen LogP contribution is -2.54. The fraction of sp³-hybridized carbons (Fsp3) is 0.462. The molecule has 1 fully saturated rings. The molecular weight excluding hydrogens is 234 g/mol. The molecule has 0 atom stereocenters. The van der Waals surface area contributed by atoms with Crippen molar-refractivity contribution in [1.82, 2.24) is 4.90 Å². The van der Waals surface area contributed by atoms with E-state index in [1.165, 1.54) is 5.56 Å². The van der Waals surface area contributed by atoms with E-state index in [2.05, 4.69) is 12.1 Å². The summed E-state index contributed by atoms with van der Waals surface area (Å²) < 4.78 is 0. The number of thioether (sulfide) groups is 1. The summed E-state index contributed by atoms with van der Waals surface area (Å²) in [4.78, 5) is 13.3. The van der Waals surface area contributed by atoms with E-state index in [4.69, 9.17) is 5.11 Å². The maximum Gasteiger partial charge on any atom is 0.232 e. The number of carbonyl (C=O) groups excluding carboxylic acids is 1. The number of likely N-dealkylation sites (tertiary alicyclic amines) is 1. The molecule has 1 amide bonds. The highest BCUT2D eigenvalue weighted by Gasteiger charge is 2.28. The lowest BCUT2D eigenvalue weighted by atomic mass is 10.2. The fourth-order valence-corrected chi connectivity index (χ4v) is 2.63. The highest BCUT2D eigenvalue weighted by atomic mass is 32.2. The summed E-state index contributed by atoms with van der Waals surface area (Å²) in [7, 11) is 0. The Balaban J connectivity index is 1.59. The first-order chi connectivity index (χ1) is 8.25. The fourth-order valence-electron chi connectivity index (χ4n) is 1.74. The molecular formula is C13H17NO2S. The molecule has 4 heteroatoms. The standard InChI is InChI=1S/C13H17NO2S/c15-12-8-14(9-12)13(16)10-17-7-6-11-4-2-1-3-5-11/h1-5,12,15H,6-10H2. The van der Waals surface area contributed by atoms with Crippen molar-refractivity contribution < 1.29 is 9.90 Å². The summed E-state index contributed by atoms with van der Waals surface area (Å²) >= 11 is 1.66. The highest BCUT2D eigenvalue weighted by molar-refractivity contribution is 7.99. The second-order valence-electron chi connectivity index (χ2n) is 4.24. The van der Waals surface area contributed by atoms with Crippen LogP contribution in [0.5, 0.6) is 0 Å². The maximum atomic E-state index is 11.6. The van der Waals surface area contributed by atoms with Crippen LogP contribution < -0.4 is 0 Å². The van der Waals surface area contributed by atoms with Crippen LogP contribution >= 0.6 is 11.8 Å². The minimum absolute atomic E-state index is 0.147. The molecule has 1 N–H and O–H groups in total. The summed E-state index contributed by atoms with van der Waals surface area (Å²) in [5, 5.41) is 9.09. The van der Waals surface area contributed by atoms with Gasteiger partial charge >= 0.3 is 0 Å². The average Bonchev–Trinajstić information content (AvgIpc) is 2.32. The number of rotatable bonds is 5. The van der Waals surface area contributed by atoms with Gasteiger partial charge in [-0.25, -0.2) is 0 Å². The Kier molecular flexibility index (Phi) is 4.45. The Morgan fingerprint density at radius 1 is 1.35 bits per heavy atom. The lowest BCUT2D eigenvalue weighted by molar-refractivity contribution is -0.138. The number of β-amino-alcohol motifs (C(OH)–C–C–N with tert-alkyl or cyclic N) is 1. The smallest absolute Gasteiger partial charge is 0.232 e. The molecule has 1 aromatic rings. The van der Waals surface area contributed by atoms with Crippen molar-refractivity contribution in [1.29, 1.82) is 0 Å². The average molecular weight is 251 g/mol. The Bertz CT molecular complexity index is 363. The lowest BCUT2D eigenvalue weighted by Gasteiger charge is -2.35. The number of carbonyl (C=O) groups is 1. The zero-order chi connectivity index (χ0) is 12.1. The molecule has 1 aromatic carbocycles. The van der Waals surface area contributed by atoms with Crippen molar-refractivity contribution in [2.75, 3.05) is 24.6 Å². The van der Waals surface area contributed by atoms with E-state index < -0.39 is 0 Å². The molecule has 0 aliphatic carbocycles. The van der Waals surface area contributed by atoms with Gasteiger partial charge in [-0.05, 0) is 17.7 Å². The Morgan fingerprint density at radius 2 is 2.06 bits per heavy atom. The normalized spacial score (nSPS) is 15.7. The summed E-state index contributed by atoms with van der Waals surface area (Å²) in [6.07, 6.45) is 0.704. The van der Waals surface area contributed by atoms with Crippen LogP contribution in [0.3, 0.4) is 0 Å².